The lowest BCUT2D eigenvalue weighted by Crippen LogP contribution is -2.61. The summed E-state index contributed by atoms with van der Waals surface area (Å²) in [6.45, 7) is 1.42. The van der Waals surface area contributed by atoms with E-state index in [0.717, 1.165) is 40.6 Å². The number of nitrogen functional groups attached to an aromatic ring is 1. The summed E-state index contributed by atoms with van der Waals surface area (Å²) in [5.41, 5.74) is 7.67. The molecule has 4 N–H and O–H groups in total. The molecule has 0 amide bonds. The molecule has 8 heteroatoms. The van der Waals surface area contributed by atoms with Gasteiger partial charge in [0.2, 0.25) is 0 Å². The summed E-state index contributed by atoms with van der Waals surface area (Å²) >= 11 is 0. The van der Waals surface area contributed by atoms with E-state index < -0.39 is 5.60 Å². The molecule has 2 aromatic carbocycles. The fourth-order valence-electron chi connectivity index (χ4n) is 3.97. The maximum atomic E-state index is 10.6. The van der Waals surface area contributed by atoms with Crippen LogP contribution in [-0.4, -0.2) is 49.6 Å². The molecule has 30 heavy (non-hydrogen) atoms. The average Bonchev–Trinajstić information content (AvgIpc) is 3.46. The summed E-state index contributed by atoms with van der Waals surface area (Å²) < 4.78 is 7.65. The van der Waals surface area contributed by atoms with Crippen molar-refractivity contribution in [1.82, 2.24) is 25.1 Å². The Morgan fingerprint density at radius 1 is 1.13 bits per heavy atom. The van der Waals surface area contributed by atoms with Crippen molar-refractivity contribution in [3.05, 3.63) is 42.7 Å². The molecule has 0 bridgehead atoms. The number of β-amino-alcohol motifs (C(OH)–C–C–N with tert-alkyl or cyclic N) is 1. The predicted molar refractivity (Wildman–Crippen MR) is 114 cm³/mol. The van der Waals surface area contributed by atoms with E-state index in [2.05, 4.69) is 39.6 Å². The second kappa shape index (κ2) is 6.38. The standard InChI is InChI=1S/C22H22N6O2/c23-20-18-19(27-28(21(18)26-12-25-20)11-22(29)9-24-10-22)15-2-1-14-8-17(30-16-5-6-16)4-3-13(14)7-15/h1-4,7-8,12,16,24,29H,5-6,9-11H2,(H2,23,25,26). The van der Waals surface area contributed by atoms with E-state index in [0.29, 0.717) is 42.6 Å². The van der Waals surface area contributed by atoms with Crippen LogP contribution in [0.2, 0.25) is 0 Å². The Morgan fingerprint density at radius 3 is 2.70 bits per heavy atom. The third-order valence-corrected chi connectivity index (χ3v) is 5.82. The van der Waals surface area contributed by atoms with Gasteiger partial charge in [0.15, 0.2) is 5.65 Å². The van der Waals surface area contributed by atoms with Crippen LogP contribution in [-0.2, 0) is 6.54 Å². The second-order valence-electron chi connectivity index (χ2n) is 8.33. The highest BCUT2D eigenvalue weighted by atomic mass is 16.5. The zero-order valence-corrected chi connectivity index (χ0v) is 16.4. The lowest BCUT2D eigenvalue weighted by molar-refractivity contribution is -0.0263. The minimum absolute atomic E-state index is 0.350. The molecule has 0 atom stereocenters. The molecule has 1 aliphatic heterocycles. The first kappa shape index (κ1) is 17.6. The van der Waals surface area contributed by atoms with Crippen LogP contribution in [0.4, 0.5) is 5.82 Å². The summed E-state index contributed by atoms with van der Waals surface area (Å²) in [6, 6.07) is 12.3. The van der Waals surface area contributed by atoms with Gasteiger partial charge in [-0.3, -0.25) is 0 Å². The van der Waals surface area contributed by atoms with Crippen LogP contribution in [0.15, 0.2) is 42.7 Å². The number of nitrogens with zero attached hydrogens (tertiary/aromatic N) is 4. The van der Waals surface area contributed by atoms with Gasteiger partial charge in [-0.2, -0.15) is 5.10 Å². The Bertz CT molecular complexity index is 1280. The van der Waals surface area contributed by atoms with Crippen molar-refractivity contribution < 1.29 is 9.84 Å². The first-order valence-electron chi connectivity index (χ1n) is 10.2. The van der Waals surface area contributed by atoms with Crippen molar-refractivity contribution in [3.63, 3.8) is 0 Å². The normalized spacial score (nSPS) is 17.9. The number of fused-ring (bicyclic) bond motifs is 2. The minimum atomic E-state index is -0.822. The predicted octanol–water partition coefficient (Wildman–Crippen LogP) is 2.10. The molecular weight excluding hydrogens is 380 g/mol. The summed E-state index contributed by atoms with van der Waals surface area (Å²) in [5.74, 6) is 1.29. The molecule has 0 unspecified atom stereocenters. The molecule has 2 aromatic heterocycles. The van der Waals surface area contributed by atoms with Crippen molar-refractivity contribution in [2.75, 3.05) is 18.8 Å². The highest BCUT2D eigenvalue weighted by Gasteiger charge is 2.36. The number of anilines is 1. The zero-order chi connectivity index (χ0) is 20.3. The van der Waals surface area contributed by atoms with Gasteiger partial charge in [0, 0.05) is 18.7 Å². The summed E-state index contributed by atoms with van der Waals surface area (Å²) in [7, 11) is 0. The van der Waals surface area contributed by atoms with Crippen molar-refractivity contribution in [2.24, 2.45) is 0 Å². The van der Waals surface area contributed by atoms with Crippen LogP contribution in [0.25, 0.3) is 33.1 Å². The van der Waals surface area contributed by atoms with Crippen LogP contribution < -0.4 is 15.8 Å². The van der Waals surface area contributed by atoms with Gasteiger partial charge in [0.25, 0.3) is 0 Å². The molecule has 0 spiro atoms. The topological polar surface area (TPSA) is 111 Å². The van der Waals surface area contributed by atoms with Crippen LogP contribution in [0.1, 0.15) is 12.8 Å². The summed E-state index contributed by atoms with van der Waals surface area (Å²) in [5, 5.41) is 21.4. The molecule has 3 heterocycles. The van der Waals surface area contributed by atoms with E-state index in [1.165, 1.54) is 6.33 Å². The molecule has 6 rings (SSSR count). The number of hydrogen-bond donors (Lipinski definition) is 3. The van der Waals surface area contributed by atoms with Crippen LogP contribution >= 0.6 is 0 Å². The van der Waals surface area contributed by atoms with Crippen LogP contribution in [0.3, 0.4) is 0 Å². The molecule has 1 aliphatic carbocycles. The number of nitrogens with one attached hydrogen (secondary N) is 1. The number of hydrogen-bond acceptors (Lipinski definition) is 7. The molecule has 2 aliphatic rings. The molecular formula is C22H22N6O2. The van der Waals surface area contributed by atoms with E-state index in [4.69, 9.17) is 15.6 Å². The highest BCUT2D eigenvalue weighted by molar-refractivity contribution is 6.00. The van der Waals surface area contributed by atoms with Gasteiger partial charge in [-0.1, -0.05) is 18.2 Å². The van der Waals surface area contributed by atoms with E-state index in [-0.39, 0.29) is 0 Å². The Kier molecular flexibility index (Phi) is 3.75. The monoisotopic (exact) mass is 402 g/mol. The fourth-order valence-corrected chi connectivity index (χ4v) is 3.97. The molecule has 1 saturated carbocycles. The Labute approximate surface area is 172 Å². The molecule has 0 radical (unpaired) electrons. The maximum absolute atomic E-state index is 10.6. The fraction of sp³-hybridized carbons (Fsp3) is 0.318. The molecule has 1 saturated heterocycles. The largest absolute Gasteiger partial charge is 0.490 e. The summed E-state index contributed by atoms with van der Waals surface area (Å²) in [6.07, 6.45) is 4.09. The molecule has 4 aromatic rings. The van der Waals surface area contributed by atoms with Gasteiger partial charge in [0.05, 0.1) is 18.0 Å². The van der Waals surface area contributed by atoms with E-state index in [9.17, 15) is 5.11 Å². The van der Waals surface area contributed by atoms with Gasteiger partial charge in [0.1, 0.15) is 29.2 Å². The first-order chi connectivity index (χ1) is 14.6. The van der Waals surface area contributed by atoms with E-state index in [1.54, 1.807) is 4.68 Å². The van der Waals surface area contributed by atoms with Crippen molar-refractivity contribution >= 4 is 27.6 Å². The second-order valence-corrected chi connectivity index (χ2v) is 8.33. The Morgan fingerprint density at radius 2 is 1.93 bits per heavy atom. The number of benzene rings is 2. The molecule has 8 nitrogen and oxygen atoms in total. The molecule has 2 fully saturated rings. The van der Waals surface area contributed by atoms with Gasteiger partial charge in [-0.05, 0) is 41.8 Å². The number of rotatable bonds is 5. The van der Waals surface area contributed by atoms with Gasteiger partial charge in [-0.25, -0.2) is 14.6 Å². The van der Waals surface area contributed by atoms with Crippen molar-refractivity contribution in [3.8, 4) is 17.0 Å². The van der Waals surface area contributed by atoms with Crippen molar-refractivity contribution in [2.45, 2.75) is 31.1 Å². The van der Waals surface area contributed by atoms with E-state index >= 15 is 0 Å². The lowest BCUT2D eigenvalue weighted by Gasteiger charge is -2.37. The third kappa shape index (κ3) is 2.96. The zero-order valence-electron chi connectivity index (χ0n) is 16.4. The van der Waals surface area contributed by atoms with Gasteiger partial charge >= 0.3 is 0 Å². The number of aliphatic hydroxyl groups is 1. The number of nitrogens with two attached hydrogens (primary N) is 1. The lowest BCUT2D eigenvalue weighted by atomic mass is 9.98. The molecule has 152 valence electrons. The highest BCUT2D eigenvalue weighted by Crippen LogP contribution is 2.34. The van der Waals surface area contributed by atoms with E-state index in [1.807, 2.05) is 12.1 Å². The summed E-state index contributed by atoms with van der Waals surface area (Å²) in [4.78, 5) is 8.57. The Hall–Kier alpha value is -3.23. The average molecular weight is 402 g/mol. The Balaban J connectivity index is 1.44. The SMILES string of the molecule is Nc1ncnc2c1c(-c1ccc3cc(OC4CC4)ccc3c1)nn2CC1(O)CNC1. The number of ether oxygens (including phenoxy) is 1. The minimum Gasteiger partial charge on any atom is -0.490 e. The van der Waals surface area contributed by atoms with Crippen molar-refractivity contribution in [1.29, 1.82) is 0 Å². The quantitative estimate of drug-likeness (QED) is 0.469. The first-order valence-corrected chi connectivity index (χ1v) is 10.2. The van der Waals surface area contributed by atoms with Crippen LogP contribution in [0.5, 0.6) is 5.75 Å². The smallest absolute Gasteiger partial charge is 0.164 e. The maximum Gasteiger partial charge on any atom is 0.164 e. The van der Waals surface area contributed by atoms with Gasteiger partial charge in [-0.15, -0.1) is 0 Å². The number of aromatic nitrogens is 4. The third-order valence-electron chi connectivity index (χ3n) is 5.82. The van der Waals surface area contributed by atoms with Gasteiger partial charge < -0.3 is 20.9 Å². The van der Waals surface area contributed by atoms with Crippen LogP contribution in [0, 0.1) is 0 Å².